The van der Waals surface area contributed by atoms with E-state index >= 15 is 0 Å². The first-order valence-corrected chi connectivity index (χ1v) is 3.96. The average Bonchev–Trinajstić information content (AvgIpc) is 2.40. The van der Waals surface area contributed by atoms with Crippen molar-refractivity contribution < 1.29 is 14.2 Å². The number of methoxy groups -OCH3 is 2. The monoisotopic (exact) mass is 160 g/mol. The van der Waals surface area contributed by atoms with Gasteiger partial charge >= 0.3 is 0 Å². The lowest BCUT2D eigenvalue weighted by Gasteiger charge is -2.22. The summed E-state index contributed by atoms with van der Waals surface area (Å²) < 4.78 is 15.7. The van der Waals surface area contributed by atoms with Gasteiger partial charge in [0, 0.05) is 20.8 Å². The summed E-state index contributed by atoms with van der Waals surface area (Å²) in [6, 6.07) is 0. The van der Waals surface area contributed by atoms with E-state index in [0.29, 0.717) is 5.92 Å². The van der Waals surface area contributed by atoms with Crippen LogP contribution in [0.3, 0.4) is 0 Å². The van der Waals surface area contributed by atoms with Crippen molar-refractivity contribution in [2.45, 2.75) is 25.7 Å². The maximum Gasteiger partial charge on any atom is 0.183 e. The number of hydrogen-bond donors (Lipinski definition) is 0. The first-order chi connectivity index (χ1) is 5.29. The number of hydrogen-bond acceptors (Lipinski definition) is 3. The highest BCUT2D eigenvalue weighted by Gasteiger charge is 2.32. The predicted octanol–water partition coefficient (Wildman–Crippen LogP) is 1.03. The van der Waals surface area contributed by atoms with Crippen LogP contribution < -0.4 is 0 Å². The Kier molecular flexibility index (Phi) is 3.30. The van der Waals surface area contributed by atoms with Crippen LogP contribution in [0, 0.1) is 5.92 Å². The van der Waals surface area contributed by atoms with Crippen LogP contribution >= 0.6 is 0 Å². The first kappa shape index (κ1) is 8.97. The van der Waals surface area contributed by atoms with Crippen LogP contribution in [0.25, 0.3) is 0 Å². The Balaban J connectivity index is 2.43. The zero-order chi connectivity index (χ0) is 8.27. The molecular formula is C8H16O3. The van der Waals surface area contributed by atoms with Gasteiger partial charge in [-0.1, -0.05) is 6.92 Å². The molecule has 66 valence electrons. The van der Waals surface area contributed by atoms with E-state index in [2.05, 4.69) is 6.92 Å². The van der Waals surface area contributed by atoms with Crippen molar-refractivity contribution in [2.75, 3.05) is 20.8 Å². The Morgan fingerprint density at radius 3 is 2.36 bits per heavy atom. The summed E-state index contributed by atoms with van der Waals surface area (Å²) in [6.45, 7) is 2.98. The normalized spacial score (nSPS) is 31.6. The molecule has 0 unspecified atom stereocenters. The second kappa shape index (κ2) is 4.04. The van der Waals surface area contributed by atoms with E-state index in [1.54, 1.807) is 14.2 Å². The molecule has 1 rings (SSSR count). The Bertz CT molecular complexity index is 112. The van der Waals surface area contributed by atoms with Gasteiger partial charge in [0.1, 0.15) is 6.10 Å². The summed E-state index contributed by atoms with van der Waals surface area (Å²) in [4.78, 5) is 0. The standard InChI is InChI=1S/C8H16O3/c1-6-4-5-11-7(6)8(9-2)10-3/h6-8H,4-5H2,1-3H3/t6-,7-/m0/s1. The lowest BCUT2D eigenvalue weighted by molar-refractivity contribution is -0.175. The fourth-order valence-electron chi connectivity index (χ4n) is 1.43. The Hall–Kier alpha value is -0.120. The fourth-order valence-corrected chi connectivity index (χ4v) is 1.43. The average molecular weight is 160 g/mol. The van der Waals surface area contributed by atoms with Crippen molar-refractivity contribution in [3.05, 3.63) is 0 Å². The van der Waals surface area contributed by atoms with Gasteiger partial charge in [0.2, 0.25) is 0 Å². The quantitative estimate of drug-likeness (QED) is 0.577. The zero-order valence-corrected chi connectivity index (χ0v) is 7.37. The lowest BCUT2D eigenvalue weighted by atomic mass is 10.0. The molecule has 0 spiro atoms. The van der Waals surface area contributed by atoms with Crippen molar-refractivity contribution in [1.29, 1.82) is 0 Å². The summed E-state index contributed by atoms with van der Waals surface area (Å²) in [7, 11) is 3.28. The molecule has 1 saturated heterocycles. The van der Waals surface area contributed by atoms with E-state index in [1.165, 1.54) is 0 Å². The summed E-state index contributed by atoms with van der Waals surface area (Å²) in [5.74, 6) is 0.542. The van der Waals surface area contributed by atoms with Gasteiger partial charge in [-0.05, 0) is 12.3 Å². The Morgan fingerprint density at radius 2 is 2.00 bits per heavy atom. The predicted molar refractivity (Wildman–Crippen MR) is 41.3 cm³/mol. The van der Waals surface area contributed by atoms with Gasteiger partial charge in [0.25, 0.3) is 0 Å². The molecule has 0 radical (unpaired) electrons. The van der Waals surface area contributed by atoms with E-state index in [1.807, 2.05) is 0 Å². The summed E-state index contributed by atoms with van der Waals surface area (Å²) in [5, 5.41) is 0. The molecule has 2 atom stereocenters. The van der Waals surface area contributed by atoms with Crippen molar-refractivity contribution in [1.82, 2.24) is 0 Å². The molecule has 3 heteroatoms. The summed E-state index contributed by atoms with van der Waals surface area (Å²) in [5.41, 5.74) is 0. The highest BCUT2D eigenvalue weighted by molar-refractivity contribution is 4.75. The second-order valence-electron chi connectivity index (χ2n) is 2.94. The molecule has 0 saturated carbocycles. The minimum atomic E-state index is -0.201. The lowest BCUT2D eigenvalue weighted by Crippen LogP contribution is -2.33. The molecule has 1 aliphatic rings. The van der Waals surface area contributed by atoms with E-state index in [-0.39, 0.29) is 12.4 Å². The van der Waals surface area contributed by atoms with Gasteiger partial charge in [0.05, 0.1) is 0 Å². The number of ether oxygens (including phenoxy) is 3. The topological polar surface area (TPSA) is 27.7 Å². The molecule has 0 aromatic heterocycles. The first-order valence-electron chi connectivity index (χ1n) is 3.96. The molecule has 0 bridgehead atoms. The molecule has 1 aliphatic heterocycles. The summed E-state index contributed by atoms with van der Waals surface area (Å²) >= 11 is 0. The maximum absolute atomic E-state index is 5.46. The van der Waals surface area contributed by atoms with E-state index in [9.17, 15) is 0 Å². The van der Waals surface area contributed by atoms with Crippen LogP contribution in [0.5, 0.6) is 0 Å². The van der Waals surface area contributed by atoms with E-state index in [4.69, 9.17) is 14.2 Å². The van der Waals surface area contributed by atoms with Gasteiger partial charge in [0.15, 0.2) is 6.29 Å². The van der Waals surface area contributed by atoms with Gasteiger partial charge in [-0.2, -0.15) is 0 Å². The molecule has 3 nitrogen and oxygen atoms in total. The van der Waals surface area contributed by atoms with Gasteiger partial charge in [-0.3, -0.25) is 0 Å². The molecule has 0 aromatic rings. The molecule has 0 N–H and O–H groups in total. The Morgan fingerprint density at radius 1 is 1.36 bits per heavy atom. The third kappa shape index (κ3) is 1.92. The smallest absolute Gasteiger partial charge is 0.183 e. The van der Waals surface area contributed by atoms with Crippen molar-refractivity contribution in [3.8, 4) is 0 Å². The van der Waals surface area contributed by atoms with Gasteiger partial charge in [-0.25, -0.2) is 0 Å². The van der Waals surface area contributed by atoms with Gasteiger partial charge < -0.3 is 14.2 Å². The van der Waals surface area contributed by atoms with Crippen LogP contribution in [0.4, 0.5) is 0 Å². The zero-order valence-electron chi connectivity index (χ0n) is 7.37. The molecule has 11 heavy (non-hydrogen) atoms. The third-order valence-electron chi connectivity index (χ3n) is 2.18. The van der Waals surface area contributed by atoms with Crippen molar-refractivity contribution in [3.63, 3.8) is 0 Å². The summed E-state index contributed by atoms with van der Waals surface area (Å²) in [6.07, 6.45) is 1.02. The highest BCUT2D eigenvalue weighted by Crippen LogP contribution is 2.24. The van der Waals surface area contributed by atoms with Crippen LogP contribution in [-0.2, 0) is 14.2 Å². The van der Waals surface area contributed by atoms with Crippen LogP contribution in [0.1, 0.15) is 13.3 Å². The second-order valence-corrected chi connectivity index (χ2v) is 2.94. The molecular weight excluding hydrogens is 144 g/mol. The third-order valence-corrected chi connectivity index (χ3v) is 2.18. The molecule has 1 fully saturated rings. The van der Waals surface area contributed by atoms with Crippen molar-refractivity contribution >= 4 is 0 Å². The minimum Gasteiger partial charge on any atom is -0.373 e. The number of rotatable bonds is 3. The van der Waals surface area contributed by atoms with E-state index < -0.39 is 0 Å². The molecule has 0 amide bonds. The SMILES string of the molecule is COC(OC)[C@H]1OCC[C@@H]1C. The van der Waals surface area contributed by atoms with Crippen LogP contribution in [0.2, 0.25) is 0 Å². The molecule has 0 aromatic carbocycles. The Labute approximate surface area is 67.6 Å². The van der Waals surface area contributed by atoms with Crippen LogP contribution in [-0.4, -0.2) is 33.2 Å². The fraction of sp³-hybridized carbons (Fsp3) is 1.00. The van der Waals surface area contributed by atoms with E-state index in [0.717, 1.165) is 13.0 Å². The highest BCUT2D eigenvalue weighted by atomic mass is 16.7. The molecule has 0 aliphatic carbocycles. The van der Waals surface area contributed by atoms with Crippen LogP contribution in [0.15, 0.2) is 0 Å². The van der Waals surface area contributed by atoms with Gasteiger partial charge in [-0.15, -0.1) is 0 Å². The van der Waals surface area contributed by atoms with Crippen molar-refractivity contribution in [2.24, 2.45) is 5.92 Å². The maximum atomic E-state index is 5.46. The molecule has 1 heterocycles. The minimum absolute atomic E-state index is 0.116. The largest absolute Gasteiger partial charge is 0.373 e.